The number of ether oxygens (including phenoxy) is 3. The molecule has 1 atom stereocenters. The van der Waals surface area contributed by atoms with Crippen molar-refractivity contribution in [3.8, 4) is 22.8 Å². The lowest BCUT2D eigenvalue weighted by molar-refractivity contribution is -0.138. The molecule has 0 bridgehead atoms. The normalized spacial score (nSPS) is 14.4. The van der Waals surface area contributed by atoms with E-state index < -0.39 is 23.5 Å². The predicted molar refractivity (Wildman–Crippen MR) is 172 cm³/mol. The Morgan fingerprint density at radius 3 is 2.39 bits per heavy atom. The Bertz CT molecular complexity index is 2160. The molecular weight excluding hydrogens is 608 g/mol. The van der Waals surface area contributed by atoms with E-state index in [2.05, 4.69) is 0 Å². The zero-order chi connectivity index (χ0) is 32.4. The molecule has 0 radical (unpaired) electrons. The molecule has 3 aromatic carbocycles. The largest absolute Gasteiger partial charge is 0.493 e. The first-order valence-corrected chi connectivity index (χ1v) is 15.1. The number of rotatable bonds is 9. The van der Waals surface area contributed by atoms with Crippen LogP contribution in [-0.2, 0) is 9.53 Å². The van der Waals surface area contributed by atoms with Gasteiger partial charge in [0.2, 0.25) is 0 Å². The van der Waals surface area contributed by atoms with Gasteiger partial charge in [-0.1, -0.05) is 65.9 Å². The van der Waals surface area contributed by atoms with E-state index in [9.17, 15) is 19.5 Å². The molecule has 1 N–H and O–H groups in total. The van der Waals surface area contributed by atoms with E-state index in [4.69, 9.17) is 23.6 Å². The number of para-hydroxylation sites is 1. The molecule has 1 aliphatic heterocycles. The van der Waals surface area contributed by atoms with Gasteiger partial charge in [0, 0.05) is 22.8 Å². The van der Waals surface area contributed by atoms with Crippen LogP contribution in [0.3, 0.4) is 0 Å². The maximum Gasteiger partial charge on any atom is 0.338 e. The van der Waals surface area contributed by atoms with Crippen LogP contribution < -0.4 is 24.4 Å². The van der Waals surface area contributed by atoms with Gasteiger partial charge >= 0.3 is 11.9 Å². The van der Waals surface area contributed by atoms with E-state index in [1.54, 1.807) is 55.5 Å². The molecule has 0 fully saturated rings. The van der Waals surface area contributed by atoms with Crippen molar-refractivity contribution in [3.63, 3.8) is 0 Å². The van der Waals surface area contributed by atoms with Gasteiger partial charge in [-0.15, -0.1) is 0 Å². The van der Waals surface area contributed by atoms with Crippen LogP contribution in [-0.4, -0.2) is 42.4 Å². The number of fused-ring (bicyclic) bond motifs is 1. The highest BCUT2D eigenvalue weighted by Gasteiger charge is 2.37. The molecule has 0 amide bonds. The van der Waals surface area contributed by atoms with Gasteiger partial charge in [0.15, 0.2) is 16.3 Å². The molecular formula is C35H28N2O8S. The summed E-state index contributed by atoms with van der Waals surface area (Å²) in [4.78, 5) is 44.5. The molecule has 1 aliphatic rings. The Kier molecular flexibility index (Phi) is 8.41. The third kappa shape index (κ3) is 5.52. The van der Waals surface area contributed by atoms with Gasteiger partial charge in [0.05, 0.1) is 42.2 Å². The molecule has 2 aromatic heterocycles. The topological polar surface area (TPSA) is 130 Å². The summed E-state index contributed by atoms with van der Waals surface area (Å²) in [5.41, 5.74) is 2.22. The minimum Gasteiger partial charge on any atom is -0.493 e. The highest BCUT2D eigenvalue weighted by molar-refractivity contribution is 7.07. The first-order chi connectivity index (χ1) is 22.3. The van der Waals surface area contributed by atoms with Crippen LogP contribution in [0.2, 0.25) is 0 Å². The highest BCUT2D eigenvalue weighted by atomic mass is 32.1. The molecule has 1 unspecified atom stereocenters. The number of carbonyl (C=O) groups is 2. The van der Waals surface area contributed by atoms with Crippen LogP contribution in [0.15, 0.2) is 105 Å². The first-order valence-electron chi connectivity index (χ1n) is 14.3. The lowest BCUT2D eigenvalue weighted by Gasteiger charge is -2.27. The summed E-state index contributed by atoms with van der Waals surface area (Å²) in [5.74, 6) is 0.0811. The summed E-state index contributed by atoms with van der Waals surface area (Å²) in [5, 5.41) is 9.20. The molecule has 0 saturated carbocycles. The molecule has 6 rings (SSSR count). The van der Waals surface area contributed by atoms with E-state index in [1.165, 1.54) is 30.9 Å². The van der Waals surface area contributed by atoms with E-state index in [0.717, 1.165) is 11.3 Å². The third-order valence-corrected chi connectivity index (χ3v) is 8.40. The summed E-state index contributed by atoms with van der Waals surface area (Å²) in [6.07, 6.45) is 1.62. The van der Waals surface area contributed by atoms with Crippen LogP contribution >= 0.6 is 11.3 Å². The number of carbonyl (C=O) groups excluding carboxylic acids is 1. The number of furan rings is 1. The van der Waals surface area contributed by atoms with Crippen LogP contribution in [0.25, 0.3) is 23.1 Å². The van der Waals surface area contributed by atoms with Gasteiger partial charge in [-0.05, 0) is 37.3 Å². The minimum absolute atomic E-state index is 0.122. The average molecular weight is 637 g/mol. The van der Waals surface area contributed by atoms with E-state index in [0.29, 0.717) is 54.7 Å². The molecule has 3 heterocycles. The van der Waals surface area contributed by atoms with Crippen molar-refractivity contribution >= 4 is 35.0 Å². The second-order valence-electron chi connectivity index (χ2n) is 10.1. The molecule has 10 nitrogen and oxygen atoms in total. The number of carboxylic acids is 1. The number of aromatic nitrogens is 1. The quantitative estimate of drug-likeness (QED) is 0.226. The van der Waals surface area contributed by atoms with Gasteiger partial charge in [-0.25, -0.2) is 14.6 Å². The first kappa shape index (κ1) is 30.4. The molecule has 232 valence electrons. The maximum absolute atomic E-state index is 14.2. The Morgan fingerprint density at radius 1 is 0.957 bits per heavy atom. The van der Waals surface area contributed by atoms with Crippen molar-refractivity contribution in [2.75, 3.05) is 20.8 Å². The number of esters is 1. The number of benzene rings is 3. The monoisotopic (exact) mass is 636 g/mol. The van der Waals surface area contributed by atoms with Crippen LogP contribution in [0.4, 0.5) is 0 Å². The summed E-state index contributed by atoms with van der Waals surface area (Å²) in [6.45, 7) is 1.84. The number of methoxy groups -OCH3 is 2. The van der Waals surface area contributed by atoms with Gasteiger partial charge in [-0.3, -0.25) is 9.36 Å². The van der Waals surface area contributed by atoms with Gasteiger partial charge in [0.25, 0.3) is 5.56 Å². The van der Waals surface area contributed by atoms with Gasteiger partial charge in [-0.2, -0.15) is 0 Å². The fourth-order valence-electron chi connectivity index (χ4n) is 5.35. The fraction of sp³-hybridized carbons (Fsp3) is 0.143. The number of hydrogen-bond acceptors (Lipinski definition) is 9. The van der Waals surface area contributed by atoms with Crippen molar-refractivity contribution in [1.82, 2.24) is 4.57 Å². The van der Waals surface area contributed by atoms with Crippen LogP contribution in [0, 0.1) is 0 Å². The van der Waals surface area contributed by atoms with E-state index in [1.807, 2.05) is 30.3 Å². The Morgan fingerprint density at radius 2 is 1.72 bits per heavy atom. The third-order valence-electron chi connectivity index (χ3n) is 7.42. The summed E-state index contributed by atoms with van der Waals surface area (Å²) in [7, 11) is 3.02. The minimum atomic E-state index is -1.02. The summed E-state index contributed by atoms with van der Waals surface area (Å²) in [6, 6.07) is 23.4. The smallest absolute Gasteiger partial charge is 0.338 e. The maximum atomic E-state index is 14.2. The summed E-state index contributed by atoms with van der Waals surface area (Å²) >= 11 is 1.16. The van der Waals surface area contributed by atoms with Crippen LogP contribution in [0.1, 0.15) is 40.2 Å². The highest BCUT2D eigenvalue weighted by Crippen LogP contribution is 2.42. The Labute approximate surface area is 266 Å². The molecule has 46 heavy (non-hydrogen) atoms. The van der Waals surface area contributed by atoms with Crippen molar-refractivity contribution in [2.45, 2.75) is 13.0 Å². The standard InChI is InChI=1S/C35H28N2O8S/c1-4-44-34(41)28-29(21-9-6-5-7-10-21)36-35-37(30(28)24-11-8-12-26(42-2)31(24)43-3)32(38)27(46-35)19-23-17-18-25(45-23)20-13-15-22(16-14-20)33(39)40/h5-19,30H,4H2,1-3H3,(H,39,40)/b27-19-. The second kappa shape index (κ2) is 12.7. The SMILES string of the molecule is CCOC(=O)C1=C(c2ccccc2)N=c2s/c(=C\c3ccc(-c4ccc(C(=O)O)cc4)o3)c(=O)n2C1c1cccc(OC)c1OC. The average Bonchev–Trinajstić information content (AvgIpc) is 3.67. The fourth-order valence-corrected chi connectivity index (χ4v) is 6.33. The lowest BCUT2D eigenvalue weighted by Crippen LogP contribution is -2.40. The Balaban J connectivity index is 1.57. The number of thiazole rings is 1. The van der Waals surface area contributed by atoms with Gasteiger partial charge in [0.1, 0.15) is 17.6 Å². The van der Waals surface area contributed by atoms with E-state index >= 15 is 0 Å². The lowest BCUT2D eigenvalue weighted by atomic mass is 9.92. The predicted octanol–water partition coefficient (Wildman–Crippen LogP) is 4.91. The zero-order valence-corrected chi connectivity index (χ0v) is 25.9. The van der Waals surface area contributed by atoms with Crippen molar-refractivity contribution in [2.24, 2.45) is 4.99 Å². The number of carboxylic acid groups (broad SMARTS) is 1. The van der Waals surface area contributed by atoms with Crippen molar-refractivity contribution in [1.29, 1.82) is 0 Å². The second-order valence-corrected chi connectivity index (χ2v) is 11.1. The van der Waals surface area contributed by atoms with Crippen molar-refractivity contribution < 1.29 is 33.3 Å². The Hall–Kier alpha value is -5.68. The number of aromatic carboxylic acids is 1. The molecule has 5 aromatic rings. The number of hydrogen-bond donors (Lipinski definition) is 1. The molecule has 0 aliphatic carbocycles. The molecule has 0 saturated heterocycles. The number of nitrogens with zero attached hydrogens (tertiary/aromatic N) is 2. The molecule has 11 heteroatoms. The molecule has 0 spiro atoms. The zero-order valence-electron chi connectivity index (χ0n) is 25.1. The summed E-state index contributed by atoms with van der Waals surface area (Å²) < 4.78 is 24.7. The van der Waals surface area contributed by atoms with Gasteiger partial charge < -0.3 is 23.7 Å². The van der Waals surface area contributed by atoms with E-state index in [-0.39, 0.29) is 17.7 Å². The van der Waals surface area contributed by atoms with Crippen LogP contribution in [0.5, 0.6) is 11.5 Å². The van der Waals surface area contributed by atoms with Crippen molar-refractivity contribution in [3.05, 3.63) is 133 Å².